The molecule has 3 aromatic carbocycles. The molecule has 0 radical (unpaired) electrons. The van der Waals surface area contributed by atoms with E-state index in [2.05, 4.69) is 89.2 Å². The van der Waals surface area contributed by atoms with Gasteiger partial charge < -0.3 is 4.98 Å². The van der Waals surface area contributed by atoms with Crippen molar-refractivity contribution in [1.29, 1.82) is 0 Å². The number of imidazole rings is 1. The quantitative estimate of drug-likeness (QED) is 0.388. The fraction of sp³-hybridized carbons (Fsp3) is 0. The van der Waals surface area contributed by atoms with E-state index in [0.29, 0.717) is 0 Å². The highest BCUT2D eigenvalue weighted by molar-refractivity contribution is 7.13. The van der Waals surface area contributed by atoms with Crippen LogP contribution in [-0.4, -0.2) is 9.97 Å². The normalized spacial score (nSPS) is 11.1. The number of rotatable bonds is 3. The average molecular weight is 352 g/mol. The number of hydrogen-bond acceptors (Lipinski definition) is 2. The summed E-state index contributed by atoms with van der Waals surface area (Å²) in [6.07, 6.45) is 0. The van der Waals surface area contributed by atoms with Gasteiger partial charge in [0.2, 0.25) is 0 Å². The molecule has 2 nitrogen and oxygen atoms in total. The van der Waals surface area contributed by atoms with Crippen molar-refractivity contribution >= 4 is 22.1 Å². The van der Waals surface area contributed by atoms with Gasteiger partial charge in [-0.2, -0.15) is 0 Å². The molecule has 2 heterocycles. The molecule has 0 aliphatic heterocycles. The topological polar surface area (TPSA) is 28.7 Å². The Bertz CT molecular complexity index is 1170. The van der Waals surface area contributed by atoms with Gasteiger partial charge in [-0.3, -0.25) is 0 Å². The van der Waals surface area contributed by atoms with Gasteiger partial charge in [-0.15, -0.1) is 11.3 Å². The monoisotopic (exact) mass is 352 g/mol. The van der Waals surface area contributed by atoms with Gasteiger partial charge in [-0.25, -0.2) is 4.98 Å². The summed E-state index contributed by atoms with van der Waals surface area (Å²) in [4.78, 5) is 9.71. The number of aromatic amines is 1. The Morgan fingerprint density at radius 2 is 1.54 bits per heavy atom. The Kier molecular flexibility index (Phi) is 3.65. The van der Waals surface area contributed by atoms with Gasteiger partial charge in [-0.05, 0) is 22.2 Å². The van der Waals surface area contributed by atoms with Crippen molar-refractivity contribution in [2.24, 2.45) is 0 Å². The first-order chi connectivity index (χ1) is 12.9. The molecule has 1 N–H and O–H groups in total. The molecule has 0 saturated heterocycles. The molecule has 0 saturated carbocycles. The lowest BCUT2D eigenvalue weighted by atomic mass is 9.99. The fourth-order valence-corrected chi connectivity index (χ4v) is 4.01. The van der Waals surface area contributed by atoms with Crippen molar-refractivity contribution in [3.8, 4) is 33.2 Å². The van der Waals surface area contributed by atoms with E-state index in [0.717, 1.165) is 33.2 Å². The summed E-state index contributed by atoms with van der Waals surface area (Å²) in [5.74, 6) is 0.918. The zero-order chi connectivity index (χ0) is 17.3. The molecule has 5 aromatic rings. The zero-order valence-electron chi connectivity index (χ0n) is 14.0. The van der Waals surface area contributed by atoms with Crippen molar-refractivity contribution in [2.75, 3.05) is 0 Å². The molecular weight excluding hydrogens is 336 g/mol. The van der Waals surface area contributed by atoms with Gasteiger partial charge in [-0.1, -0.05) is 78.9 Å². The summed E-state index contributed by atoms with van der Waals surface area (Å²) < 4.78 is 0. The molecule has 0 spiro atoms. The third-order valence-corrected chi connectivity index (χ3v) is 5.44. The van der Waals surface area contributed by atoms with Crippen LogP contribution >= 0.6 is 11.3 Å². The SMILES string of the molecule is c1ccc(-c2[nH]c(-c3cccs3)nc2-c2cccc3ccccc23)cc1. The molecule has 5 rings (SSSR count). The lowest BCUT2D eigenvalue weighted by Gasteiger charge is -2.07. The third-order valence-electron chi connectivity index (χ3n) is 4.57. The van der Waals surface area contributed by atoms with E-state index < -0.39 is 0 Å². The molecular formula is C23H16N2S. The Labute approximate surface area is 155 Å². The second-order valence-electron chi connectivity index (χ2n) is 6.18. The average Bonchev–Trinajstić information content (AvgIpc) is 3.38. The van der Waals surface area contributed by atoms with Crippen LogP contribution in [0, 0.1) is 0 Å². The highest BCUT2D eigenvalue weighted by Gasteiger charge is 2.17. The number of thiophene rings is 1. The maximum Gasteiger partial charge on any atom is 0.148 e. The predicted octanol–water partition coefficient (Wildman–Crippen LogP) is 6.63. The molecule has 2 aromatic heterocycles. The molecule has 124 valence electrons. The van der Waals surface area contributed by atoms with Crippen LogP contribution in [0.2, 0.25) is 0 Å². The third kappa shape index (κ3) is 2.54. The maximum absolute atomic E-state index is 5.00. The number of H-pyrrole nitrogens is 1. The number of nitrogens with one attached hydrogen (secondary N) is 1. The Hall–Kier alpha value is -3.17. The highest BCUT2D eigenvalue weighted by atomic mass is 32.1. The summed E-state index contributed by atoms with van der Waals surface area (Å²) >= 11 is 1.70. The largest absolute Gasteiger partial charge is 0.337 e. The van der Waals surface area contributed by atoms with Crippen LogP contribution in [0.15, 0.2) is 90.3 Å². The molecule has 0 amide bonds. The van der Waals surface area contributed by atoms with Crippen LogP contribution in [0.1, 0.15) is 0 Å². The molecule has 0 bridgehead atoms. The van der Waals surface area contributed by atoms with Crippen molar-refractivity contribution < 1.29 is 0 Å². The molecule has 0 aliphatic carbocycles. The van der Waals surface area contributed by atoms with E-state index in [1.807, 2.05) is 6.07 Å². The smallest absolute Gasteiger partial charge is 0.148 e. The number of nitrogens with zero attached hydrogens (tertiary/aromatic N) is 1. The molecule has 3 heteroatoms. The van der Waals surface area contributed by atoms with Gasteiger partial charge in [0.05, 0.1) is 16.3 Å². The van der Waals surface area contributed by atoms with Crippen LogP contribution in [0.4, 0.5) is 0 Å². The molecule has 0 atom stereocenters. The van der Waals surface area contributed by atoms with E-state index in [9.17, 15) is 0 Å². The van der Waals surface area contributed by atoms with Crippen LogP contribution in [0.25, 0.3) is 44.0 Å². The van der Waals surface area contributed by atoms with E-state index in [1.54, 1.807) is 11.3 Å². The van der Waals surface area contributed by atoms with Gasteiger partial charge >= 0.3 is 0 Å². The first-order valence-electron chi connectivity index (χ1n) is 8.57. The minimum absolute atomic E-state index is 0.918. The van der Waals surface area contributed by atoms with Crippen LogP contribution < -0.4 is 0 Å². The van der Waals surface area contributed by atoms with Gasteiger partial charge in [0.15, 0.2) is 0 Å². The summed E-state index contributed by atoms with van der Waals surface area (Å²) in [6.45, 7) is 0. The van der Waals surface area contributed by atoms with Gasteiger partial charge in [0.25, 0.3) is 0 Å². The van der Waals surface area contributed by atoms with Crippen LogP contribution in [-0.2, 0) is 0 Å². The lowest BCUT2D eigenvalue weighted by molar-refractivity contribution is 1.33. The van der Waals surface area contributed by atoms with Gasteiger partial charge in [0.1, 0.15) is 5.82 Å². The number of benzene rings is 3. The Morgan fingerprint density at radius 1 is 0.731 bits per heavy atom. The van der Waals surface area contributed by atoms with Crippen LogP contribution in [0.5, 0.6) is 0 Å². The minimum Gasteiger partial charge on any atom is -0.337 e. The molecule has 0 fully saturated rings. The number of aromatic nitrogens is 2. The number of hydrogen-bond donors (Lipinski definition) is 1. The first kappa shape index (κ1) is 15.1. The van der Waals surface area contributed by atoms with E-state index in [-0.39, 0.29) is 0 Å². The zero-order valence-corrected chi connectivity index (χ0v) is 14.8. The highest BCUT2D eigenvalue weighted by Crippen LogP contribution is 2.37. The second-order valence-corrected chi connectivity index (χ2v) is 7.13. The maximum atomic E-state index is 5.00. The van der Waals surface area contributed by atoms with Crippen LogP contribution in [0.3, 0.4) is 0 Å². The minimum atomic E-state index is 0.918. The lowest BCUT2D eigenvalue weighted by Crippen LogP contribution is -1.85. The van der Waals surface area contributed by atoms with E-state index in [4.69, 9.17) is 4.98 Å². The molecule has 0 unspecified atom stereocenters. The Balaban J connectivity index is 1.80. The standard InChI is InChI=1S/C23H16N2S/c1-2-9-17(10-3-1)21-22(25-23(24-21)20-14-7-15-26-20)19-13-6-11-16-8-4-5-12-18(16)19/h1-15H,(H,24,25). The summed E-state index contributed by atoms with van der Waals surface area (Å²) in [7, 11) is 0. The Morgan fingerprint density at radius 3 is 2.38 bits per heavy atom. The van der Waals surface area contributed by atoms with Crippen molar-refractivity contribution in [3.05, 3.63) is 90.3 Å². The molecule has 0 aliphatic rings. The summed E-state index contributed by atoms with van der Waals surface area (Å²) in [5.41, 5.74) is 4.36. The second kappa shape index (κ2) is 6.28. The van der Waals surface area contributed by atoms with E-state index >= 15 is 0 Å². The summed E-state index contributed by atoms with van der Waals surface area (Å²) in [5, 5.41) is 4.53. The van der Waals surface area contributed by atoms with Gasteiger partial charge in [0, 0.05) is 11.1 Å². The number of fused-ring (bicyclic) bond motifs is 1. The summed E-state index contributed by atoms with van der Waals surface area (Å²) in [6, 6.07) is 29.5. The first-order valence-corrected chi connectivity index (χ1v) is 9.45. The predicted molar refractivity (Wildman–Crippen MR) is 110 cm³/mol. The van der Waals surface area contributed by atoms with Crippen molar-refractivity contribution in [1.82, 2.24) is 9.97 Å². The van der Waals surface area contributed by atoms with E-state index in [1.165, 1.54) is 10.8 Å². The van der Waals surface area contributed by atoms with Crippen molar-refractivity contribution in [3.63, 3.8) is 0 Å². The fourth-order valence-electron chi connectivity index (χ4n) is 3.34. The molecule has 26 heavy (non-hydrogen) atoms. The van der Waals surface area contributed by atoms with Crippen molar-refractivity contribution in [2.45, 2.75) is 0 Å².